The average molecular weight is 739 g/mol. The van der Waals surface area contributed by atoms with Crippen LogP contribution in [-0.2, 0) is 14.3 Å². The lowest BCUT2D eigenvalue weighted by Gasteiger charge is -2.71. The van der Waals surface area contributed by atoms with Crippen LogP contribution in [0.2, 0.25) is 0 Å². The van der Waals surface area contributed by atoms with Gasteiger partial charge in [0.25, 0.3) is 5.95 Å². The molecule has 4 fully saturated rings. The molecule has 1 aromatic rings. The number of nitrogens with two attached hydrogens (primary N) is 1. The predicted molar refractivity (Wildman–Crippen MR) is 210 cm³/mol. The maximum atomic E-state index is 13.5. The predicted octanol–water partition coefficient (Wildman–Crippen LogP) is 8.45. The van der Waals surface area contributed by atoms with Gasteiger partial charge in [0.1, 0.15) is 6.04 Å². The van der Waals surface area contributed by atoms with Gasteiger partial charge >= 0.3 is 5.97 Å². The molecule has 10 heteroatoms. The number of aliphatic carboxylic acids is 1. The van der Waals surface area contributed by atoms with Crippen LogP contribution in [0.5, 0.6) is 0 Å². The van der Waals surface area contributed by atoms with Crippen molar-refractivity contribution in [3.8, 4) is 0 Å². The fourth-order valence-corrected chi connectivity index (χ4v) is 13.8. The van der Waals surface area contributed by atoms with Gasteiger partial charge in [-0.3, -0.25) is 9.69 Å². The fraction of sp³-hybridized carbons (Fsp3) is 0.907. The van der Waals surface area contributed by atoms with Crippen molar-refractivity contribution < 1.29 is 19.4 Å². The van der Waals surface area contributed by atoms with Crippen molar-refractivity contribution in [2.45, 2.75) is 158 Å². The van der Waals surface area contributed by atoms with Crippen molar-refractivity contribution in [2.24, 2.45) is 56.7 Å². The van der Waals surface area contributed by atoms with E-state index >= 15 is 0 Å². The highest BCUT2D eigenvalue weighted by molar-refractivity contribution is 5.73. The zero-order chi connectivity index (χ0) is 38.8. The summed E-state index contributed by atoms with van der Waals surface area (Å²) in [7, 11) is 0. The number of rotatable bonds is 14. The van der Waals surface area contributed by atoms with E-state index in [1.165, 1.54) is 24.8 Å². The molecule has 5 aliphatic rings. The van der Waals surface area contributed by atoms with Crippen LogP contribution in [0.4, 0.5) is 5.95 Å². The number of nitrogen functional groups attached to an aromatic ring is 1. The molecule has 1 saturated heterocycles. The zero-order valence-corrected chi connectivity index (χ0v) is 35.2. The maximum Gasteiger partial charge on any atom is 0.307 e. The Bertz CT molecular complexity index is 1510. The van der Waals surface area contributed by atoms with Crippen molar-refractivity contribution in [2.75, 3.05) is 38.6 Å². The van der Waals surface area contributed by atoms with E-state index in [1.807, 2.05) is 0 Å². The molecular weight excluding hydrogens is 665 g/mol. The minimum absolute atomic E-state index is 0.0930. The fourth-order valence-electron chi connectivity index (χ4n) is 13.8. The van der Waals surface area contributed by atoms with Crippen LogP contribution in [0.3, 0.4) is 0 Å². The number of aromatic nitrogens is 4. The molecule has 12 atom stereocenters. The van der Waals surface area contributed by atoms with E-state index in [0.29, 0.717) is 43.5 Å². The lowest BCUT2D eigenvalue weighted by Crippen LogP contribution is -2.69. The summed E-state index contributed by atoms with van der Waals surface area (Å²) in [5.74, 6) is 0.543. The number of hydrogen-bond donors (Lipinski definition) is 2. The number of hydrogen-bond acceptors (Lipinski definition) is 8. The van der Waals surface area contributed by atoms with Gasteiger partial charge in [0, 0.05) is 16.4 Å². The van der Waals surface area contributed by atoms with Crippen molar-refractivity contribution in [1.29, 1.82) is 0 Å². The number of ether oxygens (including phenoxy) is 2. The number of tetrazole rings is 1. The summed E-state index contributed by atoms with van der Waals surface area (Å²) >= 11 is 0. The number of unbranched alkanes of at least 4 members (excludes halogenated alkanes) is 2. The zero-order valence-electron chi connectivity index (χ0n) is 35.2. The third kappa shape index (κ3) is 6.13. The summed E-state index contributed by atoms with van der Waals surface area (Å²) in [5, 5.41) is 24.5. The topological polar surface area (TPSA) is 129 Å². The van der Waals surface area contributed by atoms with Crippen molar-refractivity contribution in [1.82, 2.24) is 25.1 Å². The Kier molecular flexibility index (Phi) is 11.1. The number of allylic oxidation sites excluding steroid dienone is 1. The minimum atomic E-state index is -0.621. The molecule has 1 aromatic heterocycles. The van der Waals surface area contributed by atoms with Crippen LogP contribution in [0.25, 0.3) is 0 Å². The lowest BCUT2D eigenvalue weighted by molar-refractivity contribution is -0.255. The molecule has 0 amide bonds. The van der Waals surface area contributed by atoms with Gasteiger partial charge < -0.3 is 20.3 Å². The van der Waals surface area contributed by atoms with E-state index < -0.39 is 11.9 Å². The van der Waals surface area contributed by atoms with Crippen LogP contribution in [0.15, 0.2) is 11.6 Å². The summed E-state index contributed by atoms with van der Waals surface area (Å²) in [5.41, 5.74) is 6.30. The van der Waals surface area contributed by atoms with Crippen LogP contribution in [0.1, 0.15) is 146 Å². The highest BCUT2D eigenvalue weighted by Crippen LogP contribution is 2.75. The second kappa shape index (κ2) is 14.5. The molecule has 1 aliphatic heterocycles. The molecule has 1 unspecified atom stereocenters. The normalized spacial score (nSPS) is 41.2. The van der Waals surface area contributed by atoms with Crippen molar-refractivity contribution in [3.05, 3.63) is 11.6 Å². The van der Waals surface area contributed by atoms with Crippen LogP contribution in [0, 0.1) is 56.7 Å². The number of carbonyl (C=O) groups is 1. The van der Waals surface area contributed by atoms with Gasteiger partial charge in [-0.1, -0.05) is 105 Å². The van der Waals surface area contributed by atoms with E-state index in [9.17, 15) is 9.90 Å². The number of nitrogens with zero attached hydrogens (tertiary/aromatic N) is 5. The molecule has 0 aromatic carbocycles. The molecule has 10 nitrogen and oxygen atoms in total. The molecule has 2 bridgehead atoms. The summed E-state index contributed by atoms with van der Waals surface area (Å²) in [6, 6.07) is -0.157. The second-order valence-corrected chi connectivity index (χ2v) is 19.9. The van der Waals surface area contributed by atoms with E-state index in [2.05, 4.69) is 103 Å². The first kappa shape index (κ1) is 40.6. The van der Waals surface area contributed by atoms with Crippen LogP contribution >= 0.6 is 0 Å². The molecule has 4 aliphatic carbocycles. The molecule has 300 valence electrons. The highest BCUT2D eigenvalue weighted by Gasteiger charge is 2.72. The largest absolute Gasteiger partial charge is 0.481 e. The first-order valence-electron chi connectivity index (χ1n) is 21.3. The van der Waals surface area contributed by atoms with Crippen molar-refractivity contribution >= 4 is 11.9 Å². The summed E-state index contributed by atoms with van der Waals surface area (Å²) in [6.45, 7) is 29.4. The third-order valence-corrected chi connectivity index (χ3v) is 17.2. The summed E-state index contributed by atoms with van der Waals surface area (Å²) < 4.78 is 14.2. The van der Waals surface area contributed by atoms with Crippen LogP contribution < -0.4 is 5.73 Å². The average Bonchev–Trinajstić information content (AvgIpc) is 3.54. The first-order valence-corrected chi connectivity index (χ1v) is 21.3. The van der Waals surface area contributed by atoms with Gasteiger partial charge in [-0.25, -0.2) is 0 Å². The monoisotopic (exact) mass is 739 g/mol. The summed E-state index contributed by atoms with van der Waals surface area (Å²) in [4.78, 5) is 17.9. The smallest absolute Gasteiger partial charge is 0.307 e. The molecule has 2 heterocycles. The van der Waals surface area contributed by atoms with Gasteiger partial charge in [-0.15, -0.1) is 5.10 Å². The van der Waals surface area contributed by atoms with Gasteiger partial charge in [-0.05, 0) is 110 Å². The third-order valence-electron chi connectivity index (χ3n) is 17.2. The molecular formula is C43H74N6O4. The number of anilines is 1. The molecule has 0 radical (unpaired) electrons. The van der Waals surface area contributed by atoms with Crippen LogP contribution in [-0.4, -0.2) is 80.7 Å². The number of fused-ring (bicyclic) bond motifs is 3. The van der Waals surface area contributed by atoms with E-state index in [-0.39, 0.29) is 50.7 Å². The summed E-state index contributed by atoms with van der Waals surface area (Å²) in [6.07, 6.45) is 12.7. The first-order chi connectivity index (χ1) is 24.9. The molecule has 0 spiro atoms. The molecule has 3 N–H and O–H groups in total. The Labute approximate surface area is 320 Å². The van der Waals surface area contributed by atoms with Gasteiger partial charge in [0.2, 0.25) is 0 Å². The standard InChI is InChI=1S/C43H74N6O4/c1-12-15-16-20-38(7,48(13-2)14-3)25-53-35-32(49-46-37(44)45-47-49)24-43-27-52-26-40(35,9)33(43)18-17-30-31(43)19-21-42(11)34(36(50)51)39(8,29(6)28(4)5)22-23-41(30,42)10/h19,28-30,32-35H,12-18,20-27H2,1-11H3,(H2,44,46)(H,50,51)/t29-,30+,32-,33+,34-,35+,38?,39-,40-,41-,42+,43+/m1/s1. The van der Waals surface area contributed by atoms with E-state index in [4.69, 9.17) is 15.2 Å². The SMILES string of the molecule is CCCCCC(C)(CO[C@H]1[C@H](n2nnc(N)n2)C[C@@]23COC[C@]1(C)[C@@H]2CC[C@H]1C3=CC[C@@]2(C)[C@H](C(=O)O)[C@@](C)([C@H](C)C(C)C)CC[C@]12C)N(CC)CC. The Morgan fingerprint density at radius 2 is 1.81 bits per heavy atom. The molecule has 53 heavy (non-hydrogen) atoms. The number of carboxylic acids is 1. The van der Waals surface area contributed by atoms with Gasteiger partial charge in [0.15, 0.2) is 0 Å². The number of carboxylic acid groups (broad SMARTS) is 1. The van der Waals surface area contributed by atoms with E-state index in [0.717, 1.165) is 58.0 Å². The minimum Gasteiger partial charge on any atom is -0.481 e. The lowest BCUT2D eigenvalue weighted by atomic mass is 9.34. The Hall–Kier alpha value is -2.04. The van der Waals surface area contributed by atoms with E-state index in [1.54, 1.807) is 4.80 Å². The Morgan fingerprint density at radius 3 is 2.42 bits per heavy atom. The van der Waals surface area contributed by atoms with Gasteiger partial charge in [0.05, 0.1) is 31.8 Å². The van der Waals surface area contributed by atoms with Crippen molar-refractivity contribution in [3.63, 3.8) is 0 Å². The van der Waals surface area contributed by atoms with Gasteiger partial charge in [-0.2, -0.15) is 4.80 Å². The second-order valence-electron chi connectivity index (χ2n) is 19.9. The quantitative estimate of drug-likeness (QED) is 0.143. The Morgan fingerprint density at radius 1 is 1.09 bits per heavy atom. The molecule has 6 rings (SSSR count). The Balaban J connectivity index is 1.41. The number of likely N-dealkylation sites (N-methyl/N-ethyl adjacent to an activating group) is 1. The highest BCUT2D eigenvalue weighted by atomic mass is 16.5. The molecule has 3 saturated carbocycles. The maximum absolute atomic E-state index is 13.5.